The number of amides is 2. The van der Waals surface area contributed by atoms with Gasteiger partial charge in [-0.1, -0.05) is 37.3 Å². The highest BCUT2D eigenvalue weighted by atomic mass is 16.5. The second-order valence-electron chi connectivity index (χ2n) is 6.40. The summed E-state index contributed by atoms with van der Waals surface area (Å²) in [5.74, 6) is 0.402. The molecule has 0 radical (unpaired) electrons. The van der Waals surface area contributed by atoms with Crippen molar-refractivity contribution in [1.29, 1.82) is 0 Å². The number of nitrogens with zero attached hydrogens (tertiary/aromatic N) is 1. The summed E-state index contributed by atoms with van der Waals surface area (Å²) in [7, 11) is 0. The Morgan fingerprint density at radius 1 is 1.07 bits per heavy atom. The maximum Gasteiger partial charge on any atom is 0.247 e. The Hall–Kier alpha value is -3.08. The molecule has 2 aromatic rings. The van der Waals surface area contributed by atoms with Crippen molar-refractivity contribution >= 4 is 23.6 Å². The van der Waals surface area contributed by atoms with Crippen LogP contribution in [-0.2, 0) is 9.59 Å². The Bertz CT molecular complexity index is 785. The summed E-state index contributed by atoms with van der Waals surface area (Å²) in [5.41, 5.74) is 1.61. The monoisotopic (exact) mass is 380 g/mol. The number of carbonyl (C=O) groups excluding carboxylic acids is 2. The molecule has 1 atom stereocenters. The van der Waals surface area contributed by atoms with Gasteiger partial charge in [0.1, 0.15) is 11.8 Å². The molecular weight excluding hydrogens is 352 g/mol. The van der Waals surface area contributed by atoms with Crippen molar-refractivity contribution in [3.63, 3.8) is 0 Å². The van der Waals surface area contributed by atoms with E-state index in [1.54, 1.807) is 17.9 Å². The standard InChI is InChI=1S/C23H28N2O3/c1-4-17-25(18(3)23(27)24-20-9-7-6-8-10-20)22(26)16-13-19-11-14-21(15-12-19)28-5-2/h6-16,18H,4-5,17H2,1-3H3,(H,24,27)/b16-13+. The maximum absolute atomic E-state index is 12.7. The zero-order chi connectivity index (χ0) is 20.4. The lowest BCUT2D eigenvalue weighted by Gasteiger charge is -2.27. The lowest BCUT2D eigenvalue weighted by molar-refractivity contribution is -0.134. The summed E-state index contributed by atoms with van der Waals surface area (Å²) in [6, 6.07) is 16.2. The van der Waals surface area contributed by atoms with Gasteiger partial charge in [0.2, 0.25) is 11.8 Å². The molecular formula is C23H28N2O3. The van der Waals surface area contributed by atoms with Gasteiger partial charge in [0, 0.05) is 18.3 Å². The van der Waals surface area contributed by atoms with Gasteiger partial charge in [-0.25, -0.2) is 0 Å². The van der Waals surface area contributed by atoms with Crippen LogP contribution in [0.1, 0.15) is 32.8 Å². The number of ether oxygens (including phenoxy) is 1. The Morgan fingerprint density at radius 2 is 1.75 bits per heavy atom. The van der Waals surface area contributed by atoms with Gasteiger partial charge in [-0.2, -0.15) is 0 Å². The minimum Gasteiger partial charge on any atom is -0.494 e. The fraction of sp³-hybridized carbons (Fsp3) is 0.304. The highest BCUT2D eigenvalue weighted by Crippen LogP contribution is 2.14. The van der Waals surface area contributed by atoms with Crippen LogP contribution in [0.2, 0.25) is 0 Å². The average Bonchev–Trinajstić information content (AvgIpc) is 2.71. The molecule has 1 unspecified atom stereocenters. The quantitative estimate of drug-likeness (QED) is 0.658. The van der Waals surface area contributed by atoms with Gasteiger partial charge in [-0.3, -0.25) is 9.59 Å². The van der Waals surface area contributed by atoms with E-state index in [0.29, 0.717) is 18.8 Å². The fourth-order valence-corrected chi connectivity index (χ4v) is 2.75. The summed E-state index contributed by atoms with van der Waals surface area (Å²) in [6.07, 6.45) is 4.03. The minimum absolute atomic E-state index is 0.188. The fourth-order valence-electron chi connectivity index (χ4n) is 2.75. The number of nitrogens with one attached hydrogen (secondary N) is 1. The summed E-state index contributed by atoms with van der Waals surface area (Å²) < 4.78 is 5.42. The second-order valence-corrected chi connectivity index (χ2v) is 6.40. The first kappa shape index (κ1) is 21.2. The average molecular weight is 380 g/mol. The Balaban J connectivity index is 2.04. The van der Waals surface area contributed by atoms with Crippen LogP contribution in [0.3, 0.4) is 0 Å². The van der Waals surface area contributed by atoms with E-state index in [1.807, 2.05) is 68.4 Å². The van der Waals surface area contributed by atoms with Crippen molar-refractivity contribution < 1.29 is 14.3 Å². The number of hydrogen-bond donors (Lipinski definition) is 1. The number of anilines is 1. The lowest BCUT2D eigenvalue weighted by atomic mass is 10.2. The number of carbonyl (C=O) groups is 2. The molecule has 5 nitrogen and oxygen atoms in total. The predicted molar refractivity (Wildman–Crippen MR) is 113 cm³/mol. The molecule has 0 aliphatic rings. The van der Waals surface area contributed by atoms with E-state index in [2.05, 4.69) is 5.32 Å². The summed E-state index contributed by atoms with van der Waals surface area (Å²) in [4.78, 5) is 26.9. The molecule has 0 bridgehead atoms. The van der Waals surface area contributed by atoms with Crippen molar-refractivity contribution in [1.82, 2.24) is 4.90 Å². The van der Waals surface area contributed by atoms with Gasteiger partial charge in [-0.05, 0) is 56.2 Å². The zero-order valence-corrected chi connectivity index (χ0v) is 16.7. The second kappa shape index (κ2) is 10.9. The molecule has 1 N–H and O–H groups in total. The van der Waals surface area contributed by atoms with Gasteiger partial charge in [0.05, 0.1) is 6.61 Å². The van der Waals surface area contributed by atoms with Gasteiger partial charge in [0.15, 0.2) is 0 Å². The number of hydrogen-bond acceptors (Lipinski definition) is 3. The van der Waals surface area contributed by atoms with Crippen molar-refractivity contribution in [3.05, 3.63) is 66.2 Å². The van der Waals surface area contributed by atoms with Crippen molar-refractivity contribution in [2.24, 2.45) is 0 Å². The summed E-state index contributed by atoms with van der Waals surface area (Å²) in [5, 5.41) is 2.86. The summed E-state index contributed by atoms with van der Waals surface area (Å²) in [6.45, 7) is 6.79. The van der Waals surface area contributed by atoms with E-state index in [1.165, 1.54) is 6.08 Å². The van der Waals surface area contributed by atoms with E-state index in [9.17, 15) is 9.59 Å². The van der Waals surface area contributed by atoms with E-state index >= 15 is 0 Å². The first-order chi connectivity index (χ1) is 13.5. The molecule has 2 aromatic carbocycles. The third-order valence-electron chi connectivity index (χ3n) is 4.25. The zero-order valence-electron chi connectivity index (χ0n) is 16.7. The van der Waals surface area contributed by atoms with Crippen LogP contribution < -0.4 is 10.1 Å². The lowest BCUT2D eigenvalue weighted by Crippen LogP contribution is -2.45. The number of benzene rings is 2. The number of para-hydroxylation sites is 1. The molecule has 0 saturated heterocycles. The molecule has 0 aromatic heterocycles. The van der Waals surface area contributed by atoms with Crippen molar-refractivity contribution in [2.75, 3.05) is 18.5 Å². The molecule has 0 saturated carbocycles. The number of rotatable bonds is 9. The molecule has 5 heteroatoms. The molecule has 0 fully saturated rings. The molecule has 0 aliphatic carbocycles. The van der Waals surface area contributed by atoms with Crippen molar-refractivity contribution in [2.45, 2.75) is 33.2 Å². The van der Waals surface area contributed by atoms with Gasteiger partial charge >= 0.3 is 0 Å². The molecule has 0 aliphatic heterocycles. The van der Waals surface area contributed by atoms with Crippen LogP contribution >= 0.6 is 0 Å². The van der Waals surface area contributed by atoms with Crippen LogP contribution in [0, 0.1) is 0 Å². The first-order valence-corrected chi connectivity index (χ1v) is 9.62. The van der Waals surface area contributed by atoms with E-state index in [-0.39, 0.29) is 11.8 Å². The third-order valence-corrected chi connectivity index (χ3v) is 4.25. The van der Waals surface area contributed by atoms with Crippen LogP contribution in [0.4, 0.5) is 5.69 Å². The molecule has 148 valence electrons. The first-order valence-electron chi connectivity index (χ1n) is 9.62. The van der Waals surface area contributed by atoms with Crippen molar-refractivity contribution in [3.8, 4) is 5.75 Å². The third kappa shape index (κ3) is 6.27. The molecule has 28 heavy (non-hydrogen) atoms. The van der Waals surface area contributed by atoms with Crippen LogP contribution in [0.15, 0.2) is 60.7 Å². The Morgan fingerprint density at radius 3 is 2.36 bits per heavy atom. The largest absolute Gasteiger partial charge is 0.494 e. The summed E-state index contributed by atoms with van der Waals surface area (Å²) >= 11 is 0. The van der Waals surface area contributed by atoms with Gasteiger partial charge in [0.25, 0.3) is 0 Å². The van der Waals surface area contributed by atoms with Crippen LogP contribution in [-0.4, -0.2) is 35.9 Å². The molecule has 0 heterocycles. The Labute approximate surface area is 167 Å². The van der Waals surface area contributed by atoms with E-state index in [0.717, 1.165) is 17.7 Å². The smallest absolute Gasteiger partial charge is 0.247 e. The van der Waals surface area contributed by atoms with Gasteiger partial charge < -0.3 is 15.0 Å². The molecule has 2 rings (SSSR count). The van der Waals surface area contributed by atoms with E-state index < -0.39 is 6.04 Å². The minimum atomic E-state index is -0.572. The molecule has 2 amide bonds. The van der Waals surface area contributed by atoms with Gasteiger partial charge in [-0.15, -0.1) is 0 Å². The maximum atomic E-state index is 12.7. The van der Waals surface area contributed by atoms with E-state index in [4.69, 9.17) is 4.74 Å². The predicted octanol–water partition coefficient (Wildman–Crippen LogP) is 4.36. The highest BCUT2D eigenvalue weighted by molar-refractivity contribution is 5.99. The van der Waals surface area contributed by atoms with Crippen LogP contribution in [0.25, 0.3) is 6.08 Å². The normalized spacial score (nSPS) is 11.8. The molecule has 0 spiro atoms. The Kier molecular flexibility index (Phi) is 8.28. The SMILES string of the molecule is CCCN(C(=O)/C=C/c1ccc(OCC)cc1)C(C)C(=O)Nc1ccccc1. The highest BCUT2D eigenvalue weighted by Gasteiger charge is 2.23. The topological polar surface area (TPSA) is 58.6 Å². The van der Waals surface area contributed by atoms with Crippen LogP contribution in [0.5, 0.6) is 5.75 Å².